The van der Waals surface area contributed by atoms with Crippen LogP contribution in [0.4, 0.5) is 0 Å². The lowest BCUT2D eigenvalue weighted by atomic mass is 10.4. The summed E-state index contributed by atoms with van der Waals surface area (Å²) in [5, 5.41) is 0. The van der Waals surface area contributed by atoms with Crippen LogP contribution < -0.4 is 0 Å². The second-order valence-electron chi connectivity index (χ2n) is 4.41. The van der Waals surface area contributed by atoms with Crippen molar-refractivity contribution < 1.29 is 0 Å². The molecule has 0 amide bonds. The molecule has 0 aliphatic rings. The summed E-state index contributed by atoms with van der Waals surface area (Å²) < 4.78 is 2.31. The van der Waals surface area contributed by atoms with Crippen molar-refractivity contribution in [2.24, 2.45) is 0 Å². The molecule has 0 bridgehead atoms. The van der Waals surface area contributed by atoms with Crippen molar-refractivity contribution >= 4 is 11.2 Å². The van der Waals surface area contributed by atoms with Crippen molar-refractivity contribution in [2.45, 2.75) is 33.7 Å². The zero-order valence-electron chi connectivity index (χ0n) is 11.6. The van der Waals surface area contributed by atoms with E-state index >= 15 is 0 Å². The van der Waals surface area contributed by atoms with E-state index in [4.69, 9.17) is 0 Å². The van der Waals surface area contributed by atoms with Crippen LogP contribution in [-0.2, 0) is 13.0 Å². The number of hydrogen-bond acceptors (Lipinski definition) is 3. The van der Waals surface area contributed by atoms with Gasteiger partial charge in [-0.3, -0.25) is 0 Å². The van der Waals surface area contributed by atoms with Gasteiger partial charge >= 0.3 is 0 Å². The number of fused-ring (bicyclic) bond motifs is 1. The van der Waals surface area contributed by atoms with Gasteiger partial charge in [0, 0.05) is 25.7 Å². The maximum atomic E-state index is 4.59. The standard InChI is InChI=1S/C14H22N4/c1-4-13-16-14-12(8-7-9-15-14)18(13)11-10-17(5-2)6-3/h7-9H,4-6,10-11H2,1-3H3. The Morgan fingerprint density at radius 2 is 2.00 bits per heavy atom. The van der Waals surface area contributed by atoms with Gasteiger partial charge < -0.3 is 9.47 Å². The van der Waals surface area contributed by atoms with Gasteiger partial charge in [-0.25, -0.2) is 9.97 Å². The van der Waals surface area contributed by atoms with E-state index in [1.807, 2.05) is 12.3 Å². The van der Waals surface area contributed by atoms with E-state index in [1.54, 1.807) is 0 Å². The molecule has 0 aromatic carbocycles. The molecule has 0 radical (unpaired) electrons. The number of imidazole rings is 1. The molecule has 4 nitrogen and oxygen atoms in total. The molecule has 18 heavy (non-hydrogen) atoms. The highest BCUT2D eigenvalue weighted by atomic mass is 15.2. The summed E-state index contributed by atoms with van der Waals surface area (Å²) in [7, 11) is 0. The summed E-state index contributed by atoms with van der Waals surface area (Å²) in [5.41, 5.74) is 2.02. The third-order valence-electron chi connectivity index (χ3n) is 3.45. The first-order chi connectivity index (χ1) is 8.80. The predicted octanol–water partition coefficient (Wildman–Crippen LogP) is 2.34. The number of aromatic nitrogens is 3. The maximum absolute atomic E-state index is 4.59. The molecule has 4 heteroatoms. The highest BCUT2D eigenvalue weighted by Gasteiger charge is 2.10. The average molecular weight is 246 g/mol. The quantitative estimate of drug-likeness (QED) is 0.784. The van der Waals surface area contributed by atoms with Gasteiger partial charge in [0.15, 0.2) is 5.65 Å². The van der Waals surface area contributed by atoms with Gasteiger partial charge in [0.25, 0.3) is 0 Å². The molecule has 0 atom stereocenters. The molecule has 0 aliphatic carbocycles. The molecule has 0 fully saturated rings. The van der Waals surface area contributed by atoms with E-state index in [-0.39, 0.29) is 0 Å². The van der Waals surface area contributed by atoms with Crippen molar-refractivity contribution in [3.05, 3.63) is 24.2 Å². The highest BCUT2D eigenvalue weighted by Crippen LogP contribution is 2.14. The van der Waals surface area contributed by atoms with Crippen LogP contribution in [0.3, 0.4) is 0 Å². The molecule has 2 rings (SSSR count). The zero-order valence-corrected chi connectivity index (χ0v) is 11.6. The molecular formula is C14H22N4. The zero-order chi connectivity index (χ0) is 13.0. The molecule has 2 aromatic rings. The van der Waals surface area contributed by atoms with Gasteiger partial charge in [0.1, 0.15) is 5.82 Å². The fourth-order valence-electron chi connectivity index (χ4n) is 2.31. The Morgan fingerprint density at radius 3 is 2.67 bits per heavy atom. The first-order valence-electron chi connectivity index (χ1n) is 6.82. The van der Waals surface area contributed by atoms with E-state index < -0.39 is 0 Å². The molecule has 0 unspecified atom stereocenters. The van der Waals surface area contributed by atoms with Crippen molar-refractivity contribution in [3.8, 4) is 0 Å². The summed E-state index contributed by atoms with van der Waals surface area (Å²) in [4.78, 5) is 11.4. The highest BCUT2D eigenvalue weighted by molar-refractivity contribution is 5.71. The van der Waals surface area contributed by atoms with Crippen molar-refractivity contribution in [1.29, 1.82) is 0 Å². The fourth-order valence-corrected chi connectivity index (χ4v) is 2.31. The summed E-state index contributed by atoms with van der Waals surface area (Å²) in [5.74, 6) is 1.14. The van der Waals surface area contributed by atoms with E-state index in [0.717, 1.165) is 49.6 Å². The normalized spacial score (nSPS) is 11.6. The van der Waals surface area contributed by atoms with Gasteiger partial charge in [-0.15, -0.1) is 0 Å². The van der Waals surface area contributed by atoms with Crippen LogP contribution in [0.1, 0.15) is 26.6 Å². The van der Waals surface area contributed by atoms with Crippen molar-refractivity contribution in [3.63, 3.8) is 0 Å². The Balaban J connectivity index is 2.25. The Labute approximate surface area is 109 Å². The van der Waals surface area contributed by atoms with Crippen LogP contribution in [0.2, 0.25) is 0 Å². The van der Waals surface area contributed by atoms with Gasteiger partial charge in [-0.2, -0.15) is 0 Å². The minimum absolute atomic E-state index is 0.869. The number of aryl methyl sites for hydroxylation is 1. The maximum Gasteiger partial charge on any atom is 0.177 e. The molecule has 0 spiro atoms. The number of likely N-dealkylation sites (N-methyl/N-ethyl adjacent to an activating group) is 1. The Bertz CT molecular complexity index is 499. The average Bonchev–Trinajstić information content (AvgIpc) is 2.78. The molecule has 0 saturated carbocycles. The molecule has 0 aliphatic heterocycles. The SMILES string of the molecule is CCc1nc2ncccc2n1CCN(CC)CC. The largest absolute Gasteiger partial charge is 0.325 e. The van der Waals surface area contributed by atoms with Gasteiger partial charge in [0.2, 0.25) is 0 Å². The number of nitrogens with zero attached hydrogens (tertiary/aromatic N) is 4. The Morgan fingerprint density at radius 1 is 1.22 bits per heavy atom. The summed E-state index contributed by atoms with van der Waals surface area (Å²) >= 11 is 0. The predicted molar refractivity (Wildman–Crippen MR) is 74.7 cm³/mol. The van der Waals surface area contributed by atoms with E-state index in [9.17, 15) is 0 Å². The minimum atomic E-state index is 0.869. The molecular weight excluding hydrogens is 224 g/mol. The summed E-state index contributed by atoms with van der Waals surface area (Å²) in [6, 6.07) is 4.09. The fraction of sp³-hybridized carbons (Fsp3) is 0.571. The second-order valence-corrected chi connectivity index (χ2v) is 4.41. The first-order valence-corrected chi connectivity index (χ1v) is 6.82. The van der Waals surface area contributed by atoms with Crippen molar-refractivity contribution in [1.82, 2.24) is 19.4 Å². The van der Waals surface area contributed by atoms with Crippen LogP contribution >= 0.6 is 0 Å². The van der Waals surface area contributed by atoms with Gasteiger partial charge in [-0.05, 0) is 25.2 Å². The lowest BCUT2D eigenvalue weighted by Gasteiger charge is -2.19. The number of pyridine rings is 1. The minimum Gasteiger partial charge on any atom is -0.325 e. The van der Waals surface area contributed by atoms with Crippen LogP contribution in [0.15, 0.2) is 18.3 Å². The third-order valence-corrected chi connectivity index (χ3v) is 3.45. The van der Waals surface area contributed by atoms with E-state index in [0.29, 0.717) is 0 Å². The lowest BCUT2D eigenvalue weighted by Crippen LogP contribution is -2.27. The van der Waals surface area contributed by atoms with Gasteiger partial charge in [-0.1, -0.05) is 20.8 Å². The van der Waals surface area contributed by atoms with E-state index in [2.05, 4.69) is 46.3 Å². The van der Waals surface area contributed by atoms with Crippen LogP contribution in [0.5, 0.6) is 0 Å². The second kappa shape index (κ2) is 5.96. The van der Waals surface area contributed by atoms with Crippen LogP contribution in [0, 0.1) is 0 Å². The Hall–Kier alpha value is -1.42. The van der Waals surface area contributed by atoms with E-state index in [1.165, 1.54) is 0 Å². The monoisotopic (exact) mass is 246 g/mol. The molecule has 2 aromatic heterocycles. The first kappa shape index (κ1) is 13.0. The molecule has 0 saturated heterocycles. The Kier molecular flexibility index (Phi) is 4.31. The number of hydrogen-bond donors (Lipinski definition) is 0. The summed E-state index contributed by atoms with van der Waals surface area (Å²) in [6.07, 6.45) is 2.76. The topological polar surface area (TPSA) is 34.0 Å². The summed E-state index contributed by atoms with van der Waals surface area (Å²) in [6.45, 7) is 10.8. The third kappa shape index (κ3) is 2.53. The number of rotatable bonds is 6. The lowest BCUT2D eigenvalue weighted by molar-refractivity contribution is 0.290. The molecule has 98 valence electrons. The molecule has 0 N–H and O–H groups in total. The molecule has 2 heterocycles. The van der Waals surface area contributed by atoms with Crippen LogP contribution in [0.25, 0.3) is 11.2 Å². The van der Waals surface area contributed by atoms with Gasteiger partial charge in [0.05, 0.1) is 5.52 Å². The van der Waals surface area contributed by atoms with Crippen molar-refractivity contribution in [2.75, 3.05) is 19.6 Å². The van der Waals surface area contributed by atoms with Crippen LogP contribution in [-0.4, -0.2) is 39.1 Å². The smallest absolute Gasteiger partial charge is 0.177 e.